The lowest BCUT2D eigenvalue weighted by Gasteiger charge is -2.12. The third-order valence-corrected chi connectivity index (χ3v) is 6.35. The van der Waals surface area contributed by atoms with Crippen molar-refractivity contribution in [1.82, 2.24) is 0 Å². The summed E-state index contributed by atoms with van der Waals surface area (Å²) in [6, 6.07) is 15.4. The molecule has 0 saturated carbocycles. The molecule has 34 heavy (non-hydrogen) atoms. The van der Waals surface area contributed by atoms with Gasteiger partial charge in [0, 0.05) is 15.6 Å². The van der Waals surface area contributed by atoms with Gasteiger partial charge in [-0.2, -0.15) is 0 Å². The molecule has 0 aliphatic heterocycles. The van der Waals surface area contributed by atoms with Crippen LogP contribution in [0.25, 0.3) is 11.0 Å². The topological polar surface area (TPSA) is 65.7 Å². The number of ketones is 1. The molecule has 0 spiro atoms. The van der Waals surface area contributed by atoms with Crippen LogP contribution in [0.3, 0.4) is 0 Å². The number of ether oxygens (including phenoxy) is 2. The van der Waals surface area contributed by atoms with E-state index in [1.165, 1.54) is 0 Å². The van der Waals surface area contributed by atoms with Crippen molar-refractivity contribution in [2.24, 2.45) is 0 Å². The highest BCUT2D eigenvalue weighted by atomic mass is 79.9. The van der Waals surface area contributed by atoms with Gasteiger partial charge < -0.3 is 13.9 Å². The maximum Gasteiger partial charge on any atom is 0.343 e. The summed E-state index contributed by atoms with van der Waals surface area (Å²) in [7, 11) is 1.56. The fourth-order valence-corrected chi connectivity index (χ4v) is 4.33. The Labute approximate surface area is 210 Å². The number of methoxy groups -OCH3 is 1. The van der Waals surface area contributed by atoms with Gasteiger partial charge in [-0.3, -0.25) is 4.79 Å². The number of aryl methyl sites for hydroxylation is 2. The molecule has 3 aromatic carbocycles. The number of carbonyl (C=O) groups is 2. The Balaban J connectivity index is 1.83. The lowest BCUT2D eigenvalue weighted by atomic mass is 10.0. The number of carbonyl (C=O) groups excluding carboxylic acids is 2. The van der Waals surface area contributed by atoms with Crippen LogP contribution >= 0.6 is 27.5 Å². The summed E-state index contributed by atoms with van der Waals surface area (Å²) < 4.78 is 17.9. The summed E-state index contributed by atoms with van der Waals surface area (Å²) in [5, 5.41) is 0.886. The van der Waals surface area contributed by atoms with Gasteiger partial charge in [-0.25, -0.2) is 4.79 Å². The van der Waals surface area contributed by atoms with Crippen LogP contribution in [0.5, 0.6) is 11.5 Å². The highest BCUT2D eigenvalue weighted by Crippen LogP contribution is 2.42. The summed E-state index contributed by atoms with van der Waals surface area (Å²) in [6.07, 6.45) is 1.46. The number of esters is 1. The van der Waals surface area contributed by atoms with E-state index in [4.69, 9.17) is 25.5 Å². The molecule has 0 bridgehead atoms. The van der Waals surface area contributed by atoms with Gasteiger partial charge in [0.05, 0.1) is 23.1 Å². The minimum Gasteiger partial charge on any atom is -0.497 e. The molecule has 0 radical (unpaired) electrons. The normalized spacial score (nSPS) is 11.0. The number of fused-ring (bicyclic) bond motifs is 1. The van der Waals surface area contributed by atoms with Crippen LogP contribution in [0.15, 0.2) is 63.5 Å². The van der Waals surface area contributed by atoms with Crippen molar-refractivity contribution < 1.29 is 23.5 Å². The largest absolute Gasteiger partial charge is 0.497 e. The fraction of sp³-hybridized carbons (Fsp3) is 0.185. The first-order valence-electron chi connectivity index (χ1n) is 10.7. The Morgan fingerprint density at radius 2 is 1.68 bits per heavy atom. The predicted molar refractivity (Wildman–Crippen MR) is 135 cm³/mol. The van der Waals surface area contributed by atoms with Gasteiger partial charge in [0.1, 0.15) is 11.5 Å². The Morgan fingerprint density at radius 3 is 2.29 bits per heavy atom. The summed E-state index contributed by atoms with van der Waals surface area (Å²) in [5.41, 5.74) is 2.51. The smallest absolute Gasteiger partial charge is 0.343 e. The van der Waals surface area contributed by atoms with Crippen molar-refractivity contribution in [1.29, 1.82) is 0 Å². The molecule has 4 aromatic rings. The average molecular weight is 542 g/mol. The van der Waals surface area contributed by atoms with Crippen molar-refractivity contribution in [2.45, 2.75) is 26.7 Å². The van der Waals surface area contributed by atoms with Crippen LogP contribution in [0, 0.1) is 6.92 Å². The van der Waals surface area contributed by atoms with Crippen molar-refractivity contribution >= 4 is 50.3 Å². The monoisotopic (exact) mass is 540 g/mol. The van der Waals surface area contributed by atoms with E-state index in [0.29, 0.717) is 50.6 Å². The quantitative estimate of drug-likeness (QED) is 0.137. The third kappa shape index (κ3) is 4.61. The van der Waals surface area contributed by atoms with Crippen LogP contribution < -0.4 is 9.47 Å². The molecule has 0 saturated heterocycles. The highest BCUT2D eigenvalue weighted by molar-refractivity contribution is 9.10. The maximum absolute atomic E-state index is 13.3. The van der Waals surface area contributed by atoms with E-state index in [1.807, 2.05) is 6.92 Å². The molecule has 0 N–H and O–H groups in total. The molecular weight excluding hydrogens is 520 g/mol. The molecule has 7 heteroatoms. The molecule has 1 aromatic heterocycles. The number of furan rings is 1. The van der Waals surface area contributed by atoms with Crippen LogP contribution in [-0.4, -0.2) is 18.9 Å². The van der Waals surface area contributed by atoms with Crippen molar-refractivity contribution in [3.63, 3.8) is 0 Å². The second-order valence-electron chi connectivity index (χ2n) is 7.81. The van der Waals surface area contributed by atoms with Gasteiger partial charge in [0.15, 0.2) is 11.3 Å². The number of hydrogen-bond donors (Lipinski definition) is 0. The van der Waals surface area contributed by atoms with Gasteiger partial charge in [-0.15, -0.1) is 0 Å². The van der Waals surface area contributed by atoms with E-state index in [2.05, 4.69) is 15.9 Å². The van der Waals surface area contributed by atoms with Gasteiger partial charge in [-0.1, -0.05) is 40.9 Å². The van der Waals surface area contributed by atoms with Gasteiger partial charge in [0.25, 0.3) is 0 Å². The molecule has 174 valence electrons. The Kier molecular flexibility index (Phi) is 7.10. The number of benzene rings is 3. The first-order valence-corrected chi connectivity index (χ1v) is 11.9. The van der Waals surface area contributed by atoms with Crippen LogP contribution in [0.2, 0.25) is 5.02 Å². The van der Waals surface area contributed by atoms with Crippen molar-refractivity contribution in [2.75, 3.05) is 7.11 Å². The lowest BCUT2D eigenvalue weighted by Crippen LogP contribution is -2.10. The number of rotatable bonds is 7. The van der Waals surface area contributed by atoms with Crippen molar-refractivity contribution in [3.8, 4) is 11.5 Å². The Hall–Kier alpha value is -3.09. The van der Waals surface area contributed by atoms with Gasteiger partial charge >= 0.3 is 5.97 Å². The van der Waals surface area contributed by atoms with Crippen LogP contribution in [0.1, 0.15) is 50.9 Å². The maximum atomic E-state index is 13.3. The fourth-order valence-electron chi connectivity index (χ4n) is 3.80. The zero-order valence-corrected chi connectivity index (χ0v) is 21.2. The molecule has 1 heterocycles. The molecule has 0 aliphatic rings. The van der Waals surface area contributed by atoms with Crippen LogP contribution in [0.4, 0.5) is 0 Å². The van der Waals surface area contributed by atoms with E-state index in [-0.39, 0.29) is 11.5 Å². The number of halogens is 2. The molecule has 0 amide bonds. The van der Waals surface area contributed by atoms with Crippen molar-refractivity contribution in [3.05, 3.63) is 92.1 Å². The summed E-state index contributed by atoms with van der Waals surface area (Å²) in [5.74, 6) is 0.361. The SMILES string of the molecule is CCCc1cc(Cl)c2oc(C(=O)c3ccc(OC)cc3)c(C)c2c1OC(=O)c1ccc(Br)cc1. The predicted octanol–water partition coefficient (Wildman–Crippen LogP) is 7.57. The minimum atomic E-state index is -0.503. The molecule has 0 aliphatic carbocycles. The molecule has 4 rings (SSSR count). The molecule has 0 atom stereocenters. The first kappa shape index (κ1) is 24.0. The molecule has 5 nitrogen and oxygen atoms in total. The van der Waals surface area contributed by atoms with E-state index in [1.54, 1.807) is 68.6 Å². The minimum absolute atomic E-state index is 0.150. The Morgan fingerprint density at radius 1 is 1.03 bits per heavy atom. The first-order chi connectivity index (χ1) is 16.3. The van der Waals surface area contributed by atoms with E-state index < -0.39 is 5.97 Å². The molecular formula is C27H22BrClO5. The number of hydrogen-bond acceptors (Lipinski definition) is 5. The Bertz CT molecular complexity index is 1370. The average Bonchev–Trinajstić information content (AvgIpc) is 3.19. The van der Waals surface area contributed by atoms with E-state index in [9.17, 15) is 9.59 Å². The second kappa shape index (κ2) is 10.0. The zero-order chi connectivity index (χ0) is 24.4. The van der Waals surface area contributed by atoms with Crippen LogP contribution in [-0.2, 0) is 6.42 Å². The molecule has 0 unspecified atom stereocenters. The van der Waals surface area contributed by atoms with Gasteiger partial charge in [-0.05, 0) is 73.5 Å². The lowest BCUT2D eigenvalue weighted by molar-refractivity contribution is 0.0735. The summed E-state index contributed by atoms with van der Waals surface area (Å²) in [6.45, 7) is 3.80. The standard InChI is InChI=1S/C27H22BrClO5/c1-4-5-18-14-21(29)26-22(25(18)34-27(31)17-6-10-19(28)11-7-17)15(2)24(33-26)23(30)16-8-12-20(32-3)13-9-16/h6-14H,4-5H2,1-3H3. The highest BCUT2D eigenvalue weighted by Gasteiger charge is 2.26. The van der Waals surface area contributed by atoms with E-state index >= 15 is 0 Å². The third-order valence-electron chi connectivity index (χ3n) is 5.54. The second-order valence-corrected chi connectivity index (χ2v) is 9.13. The van der Waals surface area contributed by atoms with Gasteiger partial charge in [0.2, 0.25) is 5.78 Å². The zero-order valence-electron chi connectivity index (χ0n) is 18.9. The van der Waals surface area contributed by atoms with E-state index in [0.717, 1.165) is 16.5 Å². The summed E-state index contributed by atoms with van der Waals surface area (Å²) >= 11 is 9.92. The summed E-state index contributed by atoms with van der Waals surface area (Å²) in [4.78, 5) is 26.2. The molecule has 0 fully saturated rings.